The summed E-state index contributed by atoms with van der Waals surface area (Å²) >= 11 is 0. The van der Waals surface area contributed by atoms with Gasteiger partial charge in [-0.2, -0.15) is 0 Å². The Morgan fingerprint density at radius 3 is 2.00 bits per heavy atom. The Kier molecular flexibility index (Phi) is 5.46. The number of amides is 2. The Labute approximate surface area is 138 Å². The second kappa shape index (κ2) is 6.60. The molecule has 0 aliphatic rings. The summed E-state index contributed by atoms with van der Waals surface area (Å²) in [5.41, 5.74) is 0.405. The van der Waals surface area contributed by atoms with Crippen molar-refractivity contribution in [3.63, 3.8) is 0 Å². The zero-order chi connectivity index (χ0) is 18.0. The maximum absolute atomic E-state index is 12.9. The van der Waals surface area contributed by atoms with E-state index in [1.54, 1.807) is 20.8 Å². The number of benzene rings is 1. The van der Waals surface area contributed by atoms with Gasteiger partial charge in [0.15, 0.2) is 0 Å². The smallest absolute Gasteiger partial charge is 0.408 e. The van der Waals surface area contributed by atoms with Gasteiger partial charge in [0.05, 0.1) is 0 Å². The lowest BCUT2D eigenvalue weighted by Gasteiger charge is -2.44. The normalized spacial score (nSPS) is 13.3. The molecule has 0 saturated heterocycles. The lowest BCUT2D eigenvalue weighted by Crippen LogP contribution is -2.60. The van der Waals surface area contributed by atoms with Crippen LogP contribution in [0.1, 0.15) is 47.1 Å². The Bertz CT molecular complexity index is 583. The van der Waals surface area contributed by atoms with Gasteiger partial charge < -0.3 is 10.4 Å². The van der Waals surface area contributed by atoms with Gasteiger partial charge in [0.2, 0.25) is 5.91 Å². The standard InChI is InChI=1S/C18H28N2O3/c1-12-10-8-9-11-13(12)19-15(21)14(17(2,3)4)20(16(22)23)18(5,6)7/h8-11,14H,1-7H3,(H,19,21)(H,22,23). The van der Waals surface area contributed by atoms with E-state index >= 15 is 0 Å². The van der Waals surface area contributed by atoms with Gasteiger partial charge in [-0.1, -0.05) is 39.0 Å². The van der Waals surface area contributed by atoms with Crippen LogP contribution in [0.5, 0.6) is 0 Å². The highest BCUT2D eigenvalue weighted by Crippen LogP contribution is 2.31. The number of carbonyl (C=O) groups excluding carboxylic acids is 1. The number of anilines is 1. The molecule has 1 aromatic rings. The van der Waals surface area contributed by atoms with Crippen molar-refractivity contribution in [2.24, 2.45) is 5.41 Å². The predicted molar refractivity (Wildman–Crippen MR) is 92.7 cm³/mol. The van der Waals surface area contributed by atoms with E-state index in [-0.39, 0.29) is 5.91 Å². The number of carboxylic acid groups (broad SMARTS) is 1. The summed E-state index contributed by atoms with van der Waals surface area (Å²) in [6, 6.07) is 6.65. The molecule has 0 bridgehead atoms. The maximum atomic E-state index is 12.9. The van der Waals surface area contributed by atoms with Crippen LogP contribution in [0.3, 0.4) is 0 Å². The van der Waals surface area contributed by atoms with Gasteiger partial charge in [0, 0.05) is 11.2 Å². The molecule has 0 aliphatic heterocycles. The van der Waals surface area contributed by atoms with Gasteiger partial charge in [-0.15, -0.1) is 0 Å². The van der Waals surface area contributed by atoms with Crippen LogP contribution < -0.4 is 5.32 Å². The molecular weight excluding hydrogens is 292 g/mol. The van der Waals surface area contributed by atoms with Crippen molar-refractivity contribution in [3.8, 4) is 0 Å². The fraction of sp³-hybridized carbons (Fsp3) is 0.556. The second-order valence-electron chi connectivity index (χ2n) is 7.90. The van der Waals surface area contributed by atoms with E-state index in [9.17, 15) is 14.7 Å². The minimum atomic E-state index is -1.10. The van der Waals surface area contributed by atoms with Crippen LogP contribution in [0, 0.1) is 12.3 Å². The fourth-order valence-corrected chi connectivity index (χ4v) is 2.60. The van der Waals surface area contributed by atoms with Crippen LogP contribution in [-0.2, 0) is 4.79 Å². The molecule has 1 atom stereocenters. The van der Waals surface area contributed by atoms with Gasteiger partial charge in [-0.25, -0.2) is 4.79 Å². The summed E-state index contributed by atoms with van der Waals surface area (Å²) in [6.07, 6.45) is -1.10. The van der Waals surface area contributed by atoms with E-state index < -0.39 is 23.1 Å². The molecule has 2 N–H and O–H groups in total. The zero-order valence-corrected chi connectivity index (χ0v) is 15.1. The Morgan fingerprint density at radius 2 is 1.61 bits per heavy atom. The lowest BCUT2D eigenvalue weighted by molar-refractivity contribution is -0.126. The average Bonchev–Trinajstić information content (AvgIpc) is 2.35. The van der Waals surface area contributed by atoms with Crippen LogP contribution in [0.25, 0.3) is 0 Å². The van der Waals surface area contributed by atoms with Crippen molar-refractivity contribution < 1.29 is 14.7 Å². The molecule has 5 nitrogen and oxygen atoms in total. The summed E-state index contributed by atoms with van der Waals surface area (Å²) in [5.74, 6) is -0.316. The van der Waals surface area contributed by atoms with Gasteiger partial charge in [0.25, 0.3) is 0 Å². The third-order valence-electron chi connectivity index (χ3n) is 3.66. The van der Waals surface area contributed by atoms with Gasteiger partial charge in [0.1, 0.15) is 6.04 Å². The number of aryl methyl sites for hydroxylation is 1. The molecule has 0 aromatic heterocycles. The quantitative estimate of drug-likeness (QED) is 0.880. The van der Waals surface area contributed by atoms with Crippen molar-refractivity contribution >= 4 is 17.7 Å². The molecule has 23 heavy (non-hydrogen) atoms. The molecule has 0 heterocycles. The molecule has 1 rings (SSSR count). The largest absolute Gasteiger partial charge is 0.465 e. The number of para-hydroxylation sites is 1. The Balaban J connectivity index is 3.24. The van der Waals surface area contributed by atoms with Crippen LogP contribution >= 0.6 is 0 Å². The highest BCUT2D eigenvalue weighted by atomic mass is 16.4. The minimum absolute atomic E-state index is 0.316. The van der Waals surface area contributed by atoms with E-state index in [0.717, 1.165) is 5.56 Å². The second-order valence-corrected chi connectivity index (χ2v) is 7.90. The first-order valence-corrected chi connectivity index (χ1v) is 7.74. The van der Waals surface area contributed by atoms with Gasteiger partial charge >= 0.3 is 6.09 Å². The van der Waals surface area contributed by atoms with E-state index in [1.807, 2.05) is 52.0 Å². The molecule has 128 valence electrons. The molecule has 2 amide bonds. The van der Waals surface area contributed by atoms with Crippen LogP contribution in [0.2, 0.25) is 0 Å². The fourth-order valence-electron chi connectivity index (χ4n) is 2.60. The molecule has 0 aliphatic carbocycles. The van der Waals surface area contributed by atoms with Crippen LogP contribution in [-0.4, -0.2) is 33.6 Å². The topological polar surface area (TPSA) is 69.6 Å². The van der Waals surface area contributed by atoms with Crippen molar-refractivity contribution in [1.29, 1.82) is 0 Å². The minimum Gasteiger partial charge on any atom is -0.465 e. The predicted octanol–water partition coefficient (Wildman–Crippen LogP) is 4.13. The van der Waals surface area contributed by atoms with Crippen molar-refractivity contribution in [2.45, 2.75) is 60.0 Å². The van der Waals surface area contributed by atoms with E-state index in [2.05, 4.69) is 5.32 Å². The number of carbonyl (C=O) groups is 2. The SMILES string of the molecule is Cc1ccccc1NC(=O)C(N(C(=O)O)C(C)(C)C)C(C)(C)C. The van der Waals surface area contributed by atoms with E-state index in [0.29, 0.717) is 5.69 Å². The summed E-state index contributed by atoms with van der Waals surface area (Å²) in [6.45, 7) is 12.9. The van der Waals surface area contributed by atoms with Crippen LogP contribution in [0.15, 0.2) is 24.3 Å². The Hall–Kier alpha value is -2.04. The maximum Gasteiger partial charge on any atom is 0.408 e. The molecule has 5 heteroatoms. The lowest BCUT2D eigenvalue weighted by atomic mass is 9.83. The molecule has 0 fully saturated rings. The Morgan fingerprint density at radius 1 is 1.09 bits per heavy atom. The number of hydrogen-bond acceptors (Lipinski definition) is 2. The number of hydrogen-bond donors (Lipinski definition) is 2. The number of nitrogens with one attached hydrogen (secondary N) is 1. The van der Waals surface area contributed by atoms with Gasteiger partial charge in [-0.3, -0.25) is 9.69 Å². The highest BCUT2D eigenvalue weighted by Gasteiger charge is 2.44. The van der Waals surface area contributed by atoms with E-state index in [1.165, 1.54) is 4.90 Å². The summed E-state index contributed by atoms with van der Waals surface area (Å²) < 4.78 is 0. The third kappa shape index (κ3) is 4.71. The first-order chi connectivity index (χ1) is 10.4. The monoisotopic (exact) mass is 320 g/mol. The molecule has 0 radical (unpaired) electrons. The molecule has 0 spiro atoms. The summed E-state index contributed by atoms with van der Waals surface area (Å²) in [5, 5.41) is 12.5. The molecule has 0 saturated carbocycles. The summed E-state index contributed by atoms with van der Waals surface area (Å²) in [4.78, 5) is 25.9. The number of nitrogens with zero attached hydrogens (tertiary/aromatic N) is 1. The number of rotatable bonds is 3. The van der Waals surface area contributed by atoms with E-state index in [4.69, 9.17) is 0 Å². The first kappa shape index (κ1) is 19.0. The van der Waals surface area contributed by atoms with Crippen molar-refractivity contribution in [2.75, 3.05) is 5.32 Å². The molecular formula is C18H28N2O3. The van der Waals surface area contributed by atoms with Crippen LogP contribution in [0.4, 0.5) is 10.5 Å². The van der Waals surface area contributed by atoms with Gasteiger partial charge in [-0.05, 0) is 44.7 Å². The highest BCUT2D eigenvalue weighted by molar-refractivity contribution is 5.97. The first-order valence-electron chi connectivity index (χ1n) is 7.74. The zero-order valence-electron chi connectivity index (χ0n) is 15.1. The summed E-state index contributed by atoms with van der Waals surface area (Å²) in [7, 11) is 0. The molecule has 1 unspecified atom stereocenters. The van der Waals surface area contributed by atoms with Crippen molar-refractivity contribution in [1.82, 2.24) is 4.90 Å². The average molecular weight is 320 g/mol. The molecule has 1 aromatic carbocycles. The van der Waals surface area contributed by atoms with Crippen molar-refractivity contribution in [3.05, 3.63) is 29.8 Å². The third-order valence-corrected chi connectivity index (χ3v) is 3.66.